The molecule has 0 aromatic heterocycles. The highest BCUT2D eigenvalue weighted by Gasteiger charge is 2.22. The molecule has 2 aromatic carbocycles. The zero-order valence-corrected chi connectivity index (χ0v) is 19.9. The Hall–Kier alpha value is -3.07. The number of sulfonamides is 1. The quantitative estimate of drug-likeness (QED) is 0.564. The fourth-order valence-electron chi connectivity index (χ4n) is 2.82. The summed E-state index contributed by atoms with van der Waals surface area (Å²) in [4.78, 5) is 25.4. The predicted molar refractivity (Wildman–Crippen MR) is 127 cm³/mol. The number of nitrogens with zero attached hydrogens (tertiary/aromatic N) is 1. The van der Waals surface area contributed by atoms with Crippen LogP contribution in [0, 0.1) is 0 Å². The van der Waals surface area contributed by atoms with Gasteiger partial charge in [0.15, 0.2) is 6.10 Å². The Morgan fingerprint density at radius 1 is 1.03 bits per heavy atom. The third-order valence-corrected chi connectivity index (χ3v) is 6.26. The van der Waals surface area contributed by atoms with E-state index in [9.17, 15) is 18.0 Å². The highest BCUT2D eigenvalue weighted by molar-refractivity contribution is 7.92. The van der Waals surface area contributed by atoms with Crippen LogP contribution in [-0.4, -0.2) is 45.7 Å². The van der Waals surface area contributed by atoms with Gasteiger partial charge in [-0.1, -0.05) is 26.0 Å². The van der Waals surface area contributed by atoms with Crippen molar-refractivity contribution in [2.24, 2.45) is 0 Å². The summed E-state index contributed by atoms with van der Waals surface area (Å²) in [6.07, 6.45) is 1.53. The Bertz CT molecular complexity index is 1040. The van der Waals surface area contributed by atoms with Gasteiger partial charge in [0.2, 0.25) is 10.0 Å². The number of para-hydroxylation sites is 1. The first kappa shape index (κ1) is 25.2. The van der Waals surface area contributed by atoms with Crippen molar-refractivity contribution in [3.8, 4) is 5.75 Å². The van der Waals surface area contributed by atoms with Crippen molar-refractivity contribution in [1.29, 1.82) is 0 Å². The van der Waals surface area contributed by atoms with Gasteiger partial charge in [-0.3, -0.25) is 13.9 Å². The molecule has 0 radical (unpaired) electrons. The smallest absolute Gasteiger partial charge is 0.265 e. The van der Waals surface area contributed by atoms with Crippen LogP contribution >= 0.6 is 0 Å². The van der Waals surface area contributed by atoms with Crippen molar-refractivity contribution in [2.75, 3.05) is 22.9 Å². The number of hydrogen-bond acceptors (Lipinski definition) is 5. The molecule has 0 aliphatic heterocycles. The number of carbonyl (C=O) groups excluding carboxylic acids is 2. The number of nitrogens with one attached hydrogen (secondary N) is 2. The molecule has 2 amide bonds. The lowest BCUT2D eigenvalue weighted by atomic mass is 10.1. The molecular weight excluding hydrogens is 430 g/mol. The molecule has 0 spiro atoms. The van der Waals surface area contributed by atoms with E-state index in [1.165, 1.54) is 7.05 Å². The van der Waals surface area contributed by atoms with Gasteiger partial charge in [-0.05, 0) is 56.2 Å². The van der Waals surface area contributed by atoms with E-state index in [1.54, 1.807) is 48.5 Å². The Morgan fingerprint density at radius 3 is 2.22 bits per heavy atom. The van der Waals surface area contributed by atoms with E-state index in [4.69, 9.17) is 4.74 Å². The fraction of sp³-hybridized carbons (Fsp3) is 0.391. The number of rotatable bonds is 10. The predicted octanol–water partition coefficient (Wildman–Crippen LogP) is 3.41. The van der Waals surface area contributed by atoms with Gasteiger partial charge in [0, 0.05) is 13.1 Å². The lowest BCUT2D eigenvalue weighted by Gasteiger charge is -2.20. The van der Waals surface area contributed by atoms with Gasteiger partial charge in [-0.2, -0.15) is 0 Å². The molecule has 0 saturated heterocycles. The minimum Gasteiger partial charge on any atom is -0.481 e. The molecule has 0 heterocycles. The van der Waals surface area contributed by atoms with Crippen molar-refractivity contribution in [3.63, 3.8) is 0 Å². The Balaban J connectivity index is 2.12. The van der Waals surface area contributed by atoms with Gasteiger partial charge in [0.05, 0.1) is 23.2 Å². The molecule has 0 aliphatic carbocycles. The zero-order chi connectivity index (χ0) is 23.9. The molecular formula is C23H31N3O5S. The molecule has 2 rings (SSSR count). The second-order valence-corrected chi connectivity index (χ2v) is 9.57. The van der Waals surface area contributed by atoms with Crippen LogP contribution in [0.3, 0.4) is 0 Å². The summed E-state index contributed by atoms with van der Waals surface area (Å²) in [5.74, 6) is -0.205. The van der Waals surface area contributed by atoms with Crippen LogP contribution in [0.5, 0.6) is 5.75 Å². The van der Waals surface area contributed by atoms with Gasteiger partial charge in [0.25, 0.3) is 11.8 Å². The highest BCUT2D eigenvalue weighted by Crippen LogP contribution is 2.22. The first-order valence-corrected chi connectivity index (χ1v) is 12.3. The Kier molecular flexibility index (Phi) is 8.65. The topological polar surface area (TPSA) is 105 Å². The molecule has 2 unspecified atom stereocenters. The maximum absolute atomic E-state index is 12.9. The lowest BCUT2D eigenvalue weighted by Crippen LogP contribution is -2.35. The molecule has 2 aromatic rings. The van der Waals surface area contributed by atoms with Crippen LogP contribution in [0.4, 0.5) is 11.4 Å². The summed E-state index contributed by atoms with van der Waals surface area (Å²) in [5.41, 5.74) is 1.27. The summed E-state index contributed by atoms with van der Waals surface area (Å²) in [5, 5.41) is 5.69. The normalized spacial score (nSPS) is 13.0. The molecule has 8 nitrogen and oxygen atoms in total. The second kappa shape index (κ2) is 11.0. The van der Waals surface area contributed by atoms with E-state index in [-0.39, 0.29) is 17.9 Å². The summed E-state index contributed by atoms with van der Waals surface area (Å²) in [6.45, 7) is 5.71. The molecule has 0 bridgehead atoms. The maximum atomic E-state index is 12.9. The average Bonchev–Trinajstić information content (AvgIpc) is 2.76. The highest BCUT2D eigenvalue weighted by atomic mass is 32.2. The van der Waals surface area contributed by atoms with E-state index in [0.717, 1.165) is 17.0 Å². The molecule has 32 heavy (non-hydrogen) atoms. The van der Waals surface area contributed by atoms with E-state index >= 15 is 0 Å². The number of anilines is 2. The van der Waals surface area contributed by atoms with Gasteiger partial charge >= 0.3 is 0 Å². The minimum atomic E-state index is -3.37. The van der Waals surface area contributed by atoms with Crippen LogP contribution in [0.25, 0.3) is 0 Å². The third-order valence-electron chi connectivity index (χ3n) is 5.06. The molecule has 0 saturated carbocycles. The van der Waals surface area contributed by atoms with Crippen molar-refractivity contribution < 1.29 is 22.7 Å². The second-order valence-electron chi connectivity index (χ2n) is 7.56. The lowest BCUT2D eigenvalue weighted by molar-refractivity contribution is -0.122. The van der Waals surface area contributed by atoms with E-state index in [0.29, 0.717) is 29.1 Å². The summed E-state index contributed by atoms with van der Waals surface area (Å²) in [7, 11) is -1.91. The molecule has 0 aliphatic rings. The average molecular weight is 462 g/mol. The fourth-order valence-corrected chi connectivity index (χ4v) is 3.32. The van der Waals surface area contributed by atoms with E-state index in [1.807, 2.05) is 20.8 Å². The van der Waals surface area contributed by atoms with Crippen molar-refractivity contribution >= 4 is 33.2 Å². The molecule has 174 valence electrons. The Labute approximate surface area is 190 Å². The number of amides is 2. The largest absolute Gasteiger partial charge is 0.481 e. The summed E-state index contributed by atoms with van der Waals surface area (Å²) >= 11 is 0. The van der Waals surface area contributed by atoms with Crippen molar-refractivity contribution in [2.45, 2.75) is 45.8 Å². The van der Waals surface area contributed by atoms with Gasteiger partial charge in [0.1, 0.15) is 5.75 Å². The monoisotopic (exact) mass is 461 g/mol. The van der Waals surface area contributed by atoms with Crippen molar-refractivity contribution in [3.05, 3.63) is 54.1 Å². The molecule has 2 atom stereocenters. The SMILES string of the molecule is CCC(C)NC(=O)c1ccccc1NC(=O)C(CC)Oc1ccc(N(C)S(C)(=O)=O)cc1. The standard InChI is InChI=1S/C23H31N3O5S/c1-6-16(3)24-22(27)19-10-8-9-11-20(19)25-23(28)21(7-2)31-18-14-12-17(13-15-18)26(4)32(5,29)30/h8-16,21H,6-7H2,1-5H3,(H,24,27)(H,25,28). The number of ether oxygens (including phenoxy) is 1. The van der Waals surface area contributed by atoms with E-state index < -0.39 is 16.1 Å². The molecule has 9 heteroatoms. The number of benzene rings is 2. The van der Waals surface area contributed by atoms with E-state index in [2.05, 4.69) is 10.6 Å². The zero-order valence-electron chi connectivity index (χ0n) is 19.1. The number of carbonyl (C=O) groups is 2. The third kappa shape index (κ3) is 6.71. The first-order chi connectivity index (χ1) is 15.1. The van der Waals surface area contributed by atoms with Gasteiger partial charge in [-0.15, -0.1) is 0 Å². The molecule has 0 fully saturated rings. The van der Waals surface area contributed by atoms with Gasteiger partial charge in [-0.25, -0.2) is 8.42 Å². The van der Waals surface area contributed by atoms with Gasteiger partial charge < -0.3 is 15.4 Å². The first-order valence-electron chi connectivity index (χ1n) is 10.5. The van der Waals surface area contributed by atoms with Crippen molar-refractivity contribution in [1.82, 2.24) is 5.32 Å². The summed E-state index contributed by atoms with van der Waals surface area (Å²) < 4.78 is 30.3. The van der Waals surface area contributed by atoms with Crippen LogP contribution in [-0.2, 0) is 14.8 Å². The van der Waals surface area contributed by atoms with Crippen LogP contribution in [0.1, 0.15) is 44.0 Å². The van der Waals surface area contributed by atoms with Crippen LogP contribution in [0.2, 0.25) is 0 Å². The van der Waals surface area contributed by atoms with Crippen LogP contribution < -0.4 is 19.7 Å². The Morgan fingerprint density at radius 2 is 1.66 bits per heavy atom. The summed E-state index contributed by atoms with van der Waals surface area (Å²) in [6, 6.07) is 13.3. The number of hydrogen-bond donors (Lipinski definition) is 2. The minimum absolute atomic E-state index is 0.0164. The van der Waals surface area contributed by atoms with Crippen LogP contribution in [0.15, 0.2) is 48.5 Å². The molecule has 2 N–H and O–H groups in total. The maximum Gasteiger partial charge on any atom is 0.265 e.